The Hall–Kier alpha value is -0.940. The van der Waals surface area contributed by atoms with Crippen LogP contribution in [-0.2, 0) is 11.3 Å². The first-order valence-electron chi connectivity index (χ1n) is 7.34. The Bertz CT molecular complexity index is 422. The number of benzene rings is 1. The van der Waals surface area contributed by atoms with Crippen molar-refractivity contribution in [2.24, 2.45) is 5.73 Å². The van der Waals surface area contributed by atoms with Crippen LogP contribution < -0.4 is 5.73 Å². The van der Waals surface area contributed by atoms with Gasteiger partial charge in [-0.05, 0) is 31.6 Å². The maximum absolute atomic E-state index is 6.08. The highest BCUT2D eigenvalue weighted by atomic mass is 16.5. The van der Waals surface area contributed by atoms with Crippen LogP contribution in [0.15, 0.2) is 24.3 Å². The molecule has 0 aliphatic carbocycles. The highest BCUT2D eigenvalue weighted by Crippen LogP contribution is 2.28. The van der Waals surface area contributed by atoms with Crippen molar-refractivity contribution in [1.82, 2.24) is 9.80 Å². The van der Waals surface area contributed by atoms with Gasteiger partial charge in [0.2, 0.25) is 0 Å². The molecule has 1 saturated heterocycles. The Balaban J connectivity index is 2.16. The molecule has 112 valence electrons. The van der Waals surface area contributed by atoms with E-state index >= 15 is 0 Å². The first-order valence-corrected chi connectivity index (χ1v) is 7.34. The maximum atomic E-state index is 6.08. The van der Waals surface area contributed by atoms with Crippen molar-refractivity contribution in [2.45, 2.75) is 25.1 Å². The zero-order chi connectivity index (χ0) is 14.5. The fourth-order valence-electron chi connectivity index (χ4n) is 3.09. The second-order valence-corrected chi connectivity index (χ2v) is 5.78. The van der Waals surface area contributed by atoms with Crippen LogP contribution in [0.25, 0.3) is 0 Å². The van der Waals surface area contributed by atoms with Gasteiger partial charge in [-0.1, -0.05) is 24.3 Å². The molecule has 2 N–H and O–H groups in total. The largest absolute Gasteiger partial charge is 0.380 e. The molecule has 2 atom stereocenters. The number of likely N-dealkylation sites (tertiary alicyclic amines) is 1. The Kier molecular flexibility index (Phi) is 5.54. The molecule has 20 heavy (non-hydrogen) atoms. The molecule has 1 fully saturated rings. The lowest BCUT2D eigenvalue weighted by molar-refractivity contribution is 0.178. The van der Waals surface area contributed by atoms with E-state index in [4.69, 9.17) is 10.5 Å². The van der Waals surface area contributed by atoms with Gasteiger partial charge in [0.15, 0.2) is 0 Å². The van der Waals surface area contributed by atoms with Crippen molar-refractivity contribution >= 4 is 0 Å². The van der Waals surface area contributed by atoms with E-state index in [2.05, 4.69) is 48.2 Å². The minimum Gasteiger partial charge on any atom is -0.380 e. The summed E-state index contributed by atoms with van der Waals surface area (Å²) in [5.74, 6) is 0. The summed E-state index contributed by atoms with van der Waals surface area (Å²) in [7, 11) is 6.06. The number of nitrogens with two attached hydrogens (primary N) is 1. The Morgan fingerprint density at radius 2 is 2.15 bits per heavy atom. The third-order valence-corrected chi connectivity index (χ3v) is 4.30. The molecule has 1 aromatic rings. The molecule has 1 aliphatic rings. The molecule has 1 aliphatic heterocycles. The summed E-state index contributed by atoms with van der Waals surface area (Å²) >= 11 is 0. The highest BCUT2D eigenvalue weighted by Gasteiger charge is 2.30. The molecular formula is C16H27N3O. The van der Waals surface area contributed by atoms with Crippen LogP contribution in [0, 0.1) is 0 Å². The third kappa shape index (κ3) is 3.38. The fraction of sp³-hybridized carbons (Fsp3) is 0.625. The van der Waals surface area contributed by atoms with Gasteiger partial charge in [-0.25, -0.2) is 0 Å². The molecule has 4 heteroatoms. The van der Waals surface area contributed by atoms with Crippen LogP contribution in [0.3, 0.4) is 0 Å². The summed E-state index contributed by atoms with van der Waals surface area (Å²) in [6, 6.07) is 9.43. The molecule has 0 aromatic heterocycles. The predicted octanol–water partition coefficient (Wildman–Crippen LogP) is 1.47. The molecule has 1 heterocycles. The van der Waals surface area contributed by atoms with Gasteiger partial charge < -0.3 is 15.4 Å². The second kappa shape index (κ2) is 7.18. The molecule has 0 saturated carbocycles. The van der Waals surface area contributed by atoms with Gasteiger partial charge >= 0.3 is 0 Å². The van der Waals surface area contributed by atoms with Gasteiger partial charge in [0, 0.05) is 38.8 Å². The Labute approximate surface area is 122 Å². The van der Waals surface area contributed by atoms with Crippen LogP contribution in [0.4, 0.5) is 0 Å². The molecule has 0 amide bonds. The van der Waals surface area contributed by atoms with Gasteiger partial charge in [-0.15, -0.1) is 0 Å². The quantitative estimate of drug-likeness (QED) is 0.855. The topological polar surface area (TPSA) is 41.7 Å². The zero-order valence-corrected chi connectivity index (χ0v) is 12.9. The van der Waals surface area contributed by atoms with Crippen molar-refractivity contribution in [3.05, 3.63) is 35.4 Å². The van der Waals surface area contributed by atoms with Crippen molar-refractivity contribution in [3.63, 3.8) is 0 Å². The number of hydrogen-bond donors (Lipinski definition) is 1. The monoisotopic (exact) mass is 277 g/mol. The molecule has 2 rings (SSSR count). The average molecular weight is 277 g/mol. The summed E-state index contributed by atoms with van der Waals surface area (Å²) in [5.41, 5.74) is 8.64. The number of ether oxygens (including phenoxy) is 1. The summed E-state index contributed by atoms with van der Waals surface area (Å²) < 4.78 is 5.32. The SMILES string of the molecule is COCc1ccccc1C(CN)N1CCC(N(C)C)C1. The van der Waals surface area contributed by atoms with Gasteiger partial charge in [0.1, 0.15) is 0 Å². The maximum Gasteiger partial charge on any atom is 0.0716 e. The first kappa shape index (κ1) is 15.4. The summed E-state index contributed by atoms with van der Waals surface area (Å²) in [5, 5.41) is 0. The molecule has 2 unspecified atom stereocenters. The molecule has 4 nitrogen and oxygen atoms in total. The van der Waals surface area contributed by atoms with Crippen LogP contribution >= 0.6 is 0 Å². The summed E-state index contributed by atoms with van der Waals surface area (Å²) in [6.45, 7) is 3.51. The highest BCUT2D eigenvalue weighted by molar-refractivity contribution is 5.30. The zero-order valence-electron chi connectivity index (χ0n) is 12.9. The molecule has 0 spiro atoms. The Morgan fingerprint density at radius 1 is 1.40 bits per heavy atom. The standard InChI is InChI=1S/C16H27N3O/c1-18(2)14-8-9-19(11-14)16(10-17)15-7-5-4-6-13(15)12-20-3/h4-7,14,16H,8-12,17H2,1-3H3. The fourth-order valence-corrected chi connectivity index (χ4v) is 3.09. The minimum absolute atomic E-state index is 0.297. The smallest absolute Gasteiger partial charge is 0.0716 e. The van der Waals surface area contributed by atoms with E-state index in [9.17, 15) is 0 Å². The normalized spacial score (nSPS) is 21.6. The van der Waals surface area contributed by atoms with Gasteiger partial charge in [-0.2, -0.15) is 0 Å². The van der Waals surface area contributed by atoms with Crippen LogP contribution in [0.2, 0.25) is 0 Å². The van der Waals surface area contributed by atoms with E-state index in [1.807, 2.05) is 0 Å². The lowest BCUT2D eigenvalue weighted by Crippen LogP contribution is -2.36. The number of methoxy groups -OCH3 is 1. The van der Waals surface area contributed by atoms with Gasteiger partial charge in [0.05, 0.1) is 6.61 Å². The number of hydrogen-bond acceptors (Lipinski definition) is 4. The summed E-state index contributed by atoms with van der Waals surface area (Å²) in [6.07, 6.45) is 1.22. The molecule has 0 bridgehead atoms. The van der Waals surface area contributed by atoms with E-state index in [1.165, 1.54) is 17.5 Å². The Morgan fingerprint density at radius 3 is 2.75 bits per heavy atom. The lowest BCUT2D eigenvalue weighted by atomic mass is 9.99. The lowest BCUT2D eigenvalue weighted by Gasteiger charge is -2.29. The number of nitrogens with zero attached hydrogens (tertiary/aromatic N) is 2. The van der Waals surface area contributed by atoms with Gasteiger partial charge in [-0.3, -0.25) is 4.90 Å². The third-order valence-electron chi connectivity index (χ3n) is 4.30. The van der Waals surface area contributed by atoms with Crippen LogP contribution in [0.1, 0.15) is 23.6 Å². The minimum atomic E-state index is 0.297. The van der Waals surface area contributed by atoms with Crippen molar-refractivity contribution in [1.29, 1.82) is 0 Å². The van der Waals surface area contributed by atoms with Crippen molar-refractivity contribution in [2.75, 3.05) is 40.8 Å². The molecule has 1 aromatic carbocycles. The number of rotatable bonds is 6. The second-order valence-electron chi connectivity index (χ2n) is 5.78. The van der Waals surface area contributed by atoms with E-state index in [-0.39, 0.29) is 0 Å². The van der Waals surface area contributed by atoms with E-state index < -0.39 is 0 Å². The predicted molar refractivity (Wildman–Crippen MR) is 82.6 cm³/mol. The van der Waals surface area contributed by atoms with Gasteiger partial charge in [0.25, 0.3) is 0 Å². The van der Waals surface area contributed by atoms with Crippen LogP contribution in [-0.4, -0.2) is 56.7 Å². The van der Waals surface area contributed by atoms with E-state index in [0.29, 0.717) is 25.2 Å². The van der Waals surface area contributed by atoms with E-state index in [1.54, 1.807) is 7.11 Å². The molecule has 0 radical (unpaired) electrons. The average Bonchev–Trinajstić information content (AvgIpc) is 2.92. The molecular weight excluding hydrogens is 250 g/mol. The number of likely N-dealkylation sites (N-methyl/N-ethyl adjacent to an activating group) is 1. The van der Waals surface area contributed by atoms with Crippen molar-refractivity contribution < 1.29 is 4.74 Å². The van der Waals surface area contributed by atoms with Crippen molar-refractivity contribution in [3.8, 4) is 0 Å². The summed E-state index contributed by atoms with van der Waals surface area (Å²) in [4.78, 5) is 4.83. The van der Waals surface area contributed by atoms with E-state index in [0.717, 1.165) is 13.1 Å². The van der Waals surface area contributed by atoms with Crippen LogP contribution in [0.5, 0.6) is 0 Å². The first-order chi connectivity index (χ1) is 9.67.